The molecule has 0 saturated heterocycles. The predicted molar refractivity (Wildman–Crippen MR) is 73.8 cm³/mol. The number of hydrogen-bond donors (Lipinski definition) is 1. The number of rotatable bonds is 7. The third kappa shape index (κ3) is 4.99. The first-order chi connectivity index (χ1) is 9.58. The molecule has 0 fully saturated rings. The average Bonchev–Trinajstić information content (AvgIpc) is 2.45. The molecule has 0 unspecified atom stereocenters. The second kappa shape index (κ2) is 8.30. The molecule has 0 bridgehead atoms. The largest absolute Gasteiger partial charge is 0.467 e. The minimum atomic E-state index is -0.692. The first-order valence-electron chi connectivity index (χ1n) is 6.72. The van der Waals surface area contributed by atoms with Gasteiger partial charge in [0.25, 0.3) is 5.91 Å². The van der Waals surface area contributed by atoms with Crippen LogP contribution in [0.4, 0.5) is 4.39 Å². The fourth-order valence-electron chi connectivity index (χ4n) is 1.86. The van der Waals surface area contributed by atoms with Crippen molar-refractivity contribution < 1.29 is 18.7 Å². The number of hydrogen-bond acceptors (Lipinski definition) is 3. The maximum Gasteiger partial charge on any atom is 0.328 e. The highest BCUT2D eigenvalue weighted by molar-refractivity contribution is 5.96. The second-order valence-corrected chi connectivity index (χ2v) is 4.56. The van der Waals surface area contributed by atoms with Gasteiger partial charge in [-0.05, 0) is 24.6 Å². The van der Waals surface area contributed by atoms with E-state index in [2.05, 4.69) is 17.0 Å². The summed E-state index contributed by atoms with van der Waals surface area (Å²) in [5.41, 5.74) is 0.189. The molecule has 0 saturated carbocycles. The van der Waals surface area contributed by atoms with E-state index < -0.39 is 23.7 Å². The standard InChI is InChI=1S/C15H20FNO3/c1-3-4-5-9-13(15(19)20-2)17-14(18)11-7-6-8-12(16)10-11/h6-8,10,13H,3-5,9H2,1-2H3,(H,17,18)/t13-/m0/s1. The molecule has 1 rings (SSSR count). The van der Waals surface area contributed by atoms with E-state index in [0.717, 1.165) is 25.3 Å². The van der Waals surface area contributed by atoms with Gasteiger partial charge in [0.1, 0.15) is 11.9 Å². The molecule has 0 heterocycles. The van der Waals surface area contributed by atoms with Crippen LogP contribution in [0.1, 0.15) is 43.0 Å². The van der Waals surface area contributed by atoms with Crippen LogP contribution in [0.15, 0.2) is 24.3 Å². The number of unbranched alkanes of at least 4 members (excludes halogenated alkanes) is 2. The molecule has 5 heteroatoms. The third-order valence-corrected chi connectivity index (χ3v) is 2.97. The number of methoxy groups -OCH3 is 1. The maximum atomic E-state index is 13.1. The highest BCUT2D eigenvalue weighted by Gasteiger charge is 2.21. The monoisotopic (exact) mass is 281 g/mol. The number of nitrogens with one attached hydrogen (secondary N) is 1. The Bertz CT molecular complexity index is 462. The van der Waals surface area contributed by atoms with Crippen molar-refractivity contribution in [1.29, 1.82) is 0 Å². The Balaban J connectivity index is 2.68. The van der Waals surface area contributed by atoms with Crippen LogP contribution < -0.4 is 5.32 Å². The number of amides is 1. The van der Waals surface area contributed by atoms with E-state index in [0.29, 0.717) is 6.42 Å². The minimum Gasteiger partial charge on any atom is -0.467 e. The van der Waals surface area contributed by atoms with Gasteiger partial charge in [-0.15, -0.1) is 0 Å². The third-order valence-electron chi connectivity index (χ3n) is 2.97. The molecule has 1 aromatic rings. The molecule has 0 radical (unpaired) electrons. The summed E-state index contributed by atoms with van der Waals surface area (Å²) in [6.07, 6.45) is 3.33. The Labute approximate surface area is 118 Å². The second-order valence-electron chi connectivity index (χ2n) is 4.56. The van der Waals surface area contributed by atoms with Gasteiger partial charge in [0.15, 0.2) is 0 Å². The number of esters is 1. The summed E-state index contributed by atoms with van der Waals surface area (Å²) in [6, 6.07) is 4.65. The average molecular weight is 281 g/mol. The SMILES string of the molecule is CCCCC[C@H](NC(=O)c1cccc(F)c1)C(=O)OC. The molecule has 110 valence electrons. The molecular weight excluding hydrogens is 261 g/mol. The number of ether oxygens (including phenoxy) is 1. The number of carbonyl (C=O) groups excluding carboxylic acids is 2. The van der Waals surface area contributed by atoms with Gasteiger partial charge in [0.05, 0.1) is 7.11 Å². The number of carbonyl (C=O) groups is 2. The van der Waals surface area contributed by atoms with Gasteiger partial charge in [0.2, 0.25) is 0 Å². The Kier molecular flexibility index (Phi) is 6.70. The van der Waals surface area contributed by atoms with Crippen LogP contribution in [0.25, 0.3) is 0 Å². The molecule has 1 N–H and O–H groups in total. The van der Waals surface area contributed by atoms with E-state index in [1.165, 1.54) is 25.3 Å². The summed E-state index contributed by atoms with van der Waals surface area (Å²) in [5.74, 6) is -1.44. The fraction of sp³-hybridized carbons (Fsp3) is 0.467. The van der Waals surface area contributed by atoms with E-state index in [9.17, 15) is 14.0 Å². The minimum absolute atomic E-state index is 0.189. The smallest absolute Gasteiger partial charge is 0.328 e. The molecule has 0 aromatic heterocycles. The lowest BCUT2D eigenvalue weighted by molar-refractivity contribution is -0.143. The van der Waals surface area contributed by atoms with Crippen LogP contribution in [0.2, 0.25) is 0 Å². The van der Waals surface area contributed by atoms with Crippen molar-refractivity contribution in [2.45, 2.75) is 38.6 Å². The molecular formula is C15H20FNO3. The summed E-state index contributed by atoms with van der Waals surface area (Å²) in [6.45, 7) is 2.05. The van der Waals surface area contributed by atoms with E-state index in [1.54, 1.807) is 0 Å². The summed E-state index contributed by atoms with van der Waals surface area (Å²) >= 11 is 0. The molecule has 1 aromatic carbocycles. The van der Waals surface area contributed by atoms with Gasteiger partial charge in [-0.1, -0.05) is 32.3 Å². The maximum absolute atomic E-state index is 13.1. The molecule has 0 aliphatic carbocycles. The highest BCUT2D eigenvalue weighted by Crippen LogP contribution is 2.08. The van der Waals surface area contributed by atoms with Crippen molar-refractivity contribution >= 4 is 11.9 Å². The Morgan fingerprint density at radius 1 is 1.35 bits per heavy atom. The van der Waals surface area contributed by atoms with Crippen LogP contribution in [-0.4, -0.2) is 25.0 Å². The van der Waals surface area contributed by atoms with Gasteiger partial charge >= 0.3 is 5.97 Å². The summed E-state index contributed by atoms with van der Waals surface area (Å²) in [7, 11) is 1.28. The number of benzene rings is 1. The van der Waals surface area contributed by atoms with Crippen LogP contribution in [0.5, 0.6) is 0 Å². The number of halogens is 1. The molecule has 4 nitrogen and oxygen atoms in total. The Hall–Kier alpha value is -1.91. The van der Waals surface area contributed by atoms with Crippen LogP contribution in [-0.2, 0) is 9.53 Å². The summed E-state index contributed by atoms with van der Waals surface area (Å²) in [4.78, 5) is 23.6. The van der Waals surface area contributed by atoms with Crippen molar-refractivity contribution in [3.63, 3.8) is 0 Å². The topological polar surface area (TPSA) is 55.4 Å². The van der Waals surface area contributed by atoms with E-state index in [4.69, 9.17) is 0 Å². The highest BCUT2D eigenvalue weighted by atomic mass is 19.1. The molecule has 1 amide bonds. The molecule has 0 aliphatic heterocycles. The van der Waals surface area contributed by atoms with E-state index >= 15 is 0 Å². The van der Waals surface area contributed by atoms with E-state index in [1.807, 2.05) is 0 Å². The normalized spacial score (nSPS) is 11.8. The van der Waals surface area contributed by atoms with Crippen molar-refractivity contribution in [3.05, 3.63) is 35.6 Å². The van der Waals surface area contributed by atoms with E-state index in [-0.39, 0.29) is 5.56 Å². The van der Waals surface area contributed by atoms with Crippen molar-refractivity contribution in [3.8, 4) is 0 Å². The van der Waals surface area contributed by atoms with Gasteiger partial charge in [-0.25, -0.2) is 9.18 Å². The Morgan fingerprint density at radius 3 is 2.70 bits per heavy atom. The van der Waals surface area contributed by atoms with Crippen molar-refractivity contribution in [1.82, 2.24) is 5.32 Å². The van der Waals surface area contributed by atoms with Gasteiger partial charge in [-0.3, -0.25) is 4.79 Å². The molecule has 0 spiro atoms. The lowest BCUT2D eigenvalue weighted by Crippen LogP contribution is -2.41. The first kappa shape index (κ1) is 16.1. The molecule has 20 heavy (non-hydrogen) atoms. The zero-order valence-corrected chi connectivity index (χ0v) is 11.8. The summed E-state index contributed by atoms with van der Waals surface area (Å²) in [5, 5.41) is 2.59. The Morgan fingerprint density at radius 2 is 2.10 bits per heavy atom. The van der Waals surface area contributed by atoms with Crippen molar-refractivity contribution in [2.24, 2.45) is 0 Å². The van der Waals surface area contributed by atoms with Crippen LogP contribution >= 0.6 is 0 Å². The quantitative estimate of drug-likeness (QED) is 0.617. The predicted octanol–water partition coefficient (Wildman–Crippen LogP) is 2.68. The van der Waals surface area contributed by atoms with Crippen LogP contribution in [0, 0.1) is 5.82 Å². The molecule has 0 aliphatic rings. The first-order valence-corrected chi connectivity index (χ1v) is 6.72. The lowest BCUT2D eigenvalue weighted by Gasteiger charge is -2.16. The fourth-order valence-corrected chi connectivity index (χ4v) is 1.86. The van der Waals surface area contributed by atoms with Crippen molar-refractivity contribution in [2.75, 3.05) is 7.11 Å². The molecule has 1 atom stereocenters. The summed E-state index contributed by atoms with van der Waals surface area (Å²) < 4.78 is 17.7. The zero-order chi connectivity index (χ0) is 15.0. The zero-order valence-electron chi connectivity index (χ0n) is 11.8. The van der Waals surface area contributed by atoms with Crippen LogP contribution in [0.3, 0.4) is 0 Å². The van der Waals surface area contributed by atoms with Gasteiger partial charge in [0, 0.05) is 5.56 Å². The van der Waals surface area contributed by atoms with Gasteiger partial charge < -0.3 is 10.1 Å². The van der Waals surface area contributed by atoms with Gasteiger partial charge in [-0.2, -0.15) is 0 Å². The lowest BCUT2D eigenvalue weighted by atomic mass is 10.1.